The van der Waals surface area contributed by atoms with E-state index >= 15 is 0 Å². The number of aliphatic carboxylic acids is 1. The molecule has 0 radical (unpaired) electrons. The van der Waals surface area contributed by atoms with Crippen molar-refractivity contribution in [2.24, 2.45) is 11.8 Å². The van der Waals surface area contributed by atoms with Crippen LogP contribution in [-0.4, -0.2) is 36.4 Å². The van der Waals surface area contributed by atoms with Gasteiger partial charge in [-0.1, -0.05) is 0 Å². The summed E-state index contributed by atoms with van der Waals surface area (Å²) in [5.74, 6) is -0.275. The lowest BCUT2D eigenvalue weighted by Gasteiger charge is -2.37. The third kappa shape index (κ3) is 2.32. The second-order valence-corrected chi connectivity index (χ2v) is 4.71. The van der Waals surface area contributed by atoms with Gasteiger partial charge in [-0.15, -0.1) is 0 Å². The smallest absolute Gasteiger partial charge is 0.308 e. The lowest BCUT2D eigenvalue weighted by molar-refractivity contribution is -0.146. The topological polar surface area (TPSA) is 58.6 Å². The molecule has 2 rings (SSSR count). The number of ether oxygens (including phenoxy) is 1. The Morgan fingerprint density at radius 2 is 2.27 bits per heavy atom. The van der Waals surface area contributed by atoms with Gasteiger partial charge in [-0.25, -0.2) is 0 Å². The highest BCUT2D eigenvalue weighted by molar-refractivity contribution is 5.72. The first-order valence-electron chi connectivity index (χ1n) is 5.75. The van der Waals surface area contributed by atoms with Crippen LogP contribution in [0, 0.1) is 11.8 Å². The number of rotatable bonds is 4. The molecule has 0 aromatic rings. The summed E-state index contributed by atoms with van der Waals surface area (Å²) in [4.78, 5) is 10.8. The van der Waals surface area contributed by atoms with Crippen LogP contribution in [0.1, 0.15) is 26.2 Å². The largest absolute Gasteiger partial charge is 0.481 e. The van der Waals surface area contributed by atoms with E-state index in [2.05, 4.69) is 12.2 Å². The Balaban J connectivity index is 1.78. The van der Waals surface area contributed by atoms with Gasteiger partial charge < -0.3 is 15.2 Å². The third-order valence-corrected chi connectivity index (χ3v) is 3.74. The Bertz CT molecular complexity index is 238. The van der Waals surface area contributed by atoms with E-state index in [1.54, 1.807) is 0 Å². The Kier molecular flexibility index (Phi) is 3.26. The van der Waals surface area contributed by atoms with Crippen LogP contribution >= 0.6 is 0 Å². The summed E-state index contributed by atoms with van der Waals surface area (Å²) in [6, 6.07) is 0.553. The van der Waals surface area contributed by atoms with E-state index in [1.807, 2.05) is 0 Å². The first kappa shape index (κ1) is 10.9. The molecule has 2 aliphatic rings. The second kappa shape index (κ2) is 4.49. The Morgan fingerprint density at radius 3 is 2.73 bits per heavy atom. The maximum Gasteiger partial charge on any atom is 0.308 e. The minimum absolute atomic E-state index is 0.172. The standard InChI is InChI=1S/C11H19NO3/c1-7(8-4-5-15-6-8)12-10-3-2-9(10)11(13)14/h7-10,12H,2-6H2,1H3,(H,13,14). The Morgan fingerprint density at radius 1 is 1.47 bits per heavy atom. The molecule has 4 heteroatoms. The molecule has 1 aliphatic heterocycles. The minimum Gasteiger partial charge on any atom is -0.481 e. The van der Waals surface area contributed by atoms with Gasteiger partial charge in [-0.05, 0) is 32.1 Å². The maximum atomic E-state index is 10.8. The lowest BCUT2D eigenvalue weighted by atomic mass is 9.78. The molecule has 0 spiro atoms. The van der Waals surface area contributed by atoms with Crippen LogP contribution in [0.3, 0.4) is 0 Å². The molecular formula is C11H19NO3. The average Bonchev–Trinajstić information content (AvgIpc) is 2.63. The highest BCUT2D eigenvalue weighted by atomic mass is 16.5. The molecule has 4 nitrogen and oxygen atoms in total. The van der Waals surface area contributed by atoms with Crippen molar-refractivity contribution in [3.63, 3.8) is 0 Å². The van der Waals surface area contributed by atoms with Crippen LogP contribution in [0.15, 0.2) is 0 Å². The van der Waals surface area contributed by atoms with Gasteiger partial charge in [0.2, 0.25) is 0 Å². The van der Waals surface area contributed by atoms with E-state index in [-0.39, 0.29) is 12.0 Å². The molecule has 0 amide bonds. The molecule has 0 aromatic heterocycles. The van der Waals surface area contributed by atoms with Crippen molar-refractivity contribution in [2.45, 2.75) is 38.3 Å². The normalized spacial score (nSPS) is 37.3. The van der Waals surface area contributed by atoms with Crippen molar-refractivity contribution >= 4 is 5.97 Å². The van der Waals surface area contributed by atoms with Crippen molar-refractivity contribution in [3.05, 3.63) is 0 Å². The van der Waals surface area contributed by atoms with Crippen molar-refractivity contribution in [2.75, 3.05) is 13.2 Å². The van der Waals surface area contributed by atoms with E-state index in [0.717, 1.165) is 32.5 Å². The van der Waals surface area contributed by atoms with Crippen LogP contribution in [0.5, 0.6) is 0 Å². The van der Waals surface area contributed by atoms with Crippen LogP contribution in [0.4, 0.5) is 0 Å². The molecule has 0 bridgehead atoms. The zero-order chi connectivity index (χ0) is 10.8. The van der Waals surface area contributed by atoms with E-state index in [0.29, 0.717) is 12.0 Å². The molecule has 2 N–H and O–H groups in total. The first-order valence-corrected chi connectivity index (χ1v) is 5.75. The molecule has 2 fully saturated rings. The molecular weight excluding hydrogens is 194 g/mol. The van der Waals surface area contributed by atoms with Crippen molar-refractivity contribution in [1.29, 1.82) is 0 Å². The number of nitrogens with one attached hydrogen (secondary N) is 1. The summed E-state index contributed by atoms with van der Waals surface area (Å²) < 4.78 is 5.33. The van der Waals surface area contributed by atoms with Crippen LogP contribution in [-0.2, 0) is 9.53 Å². The fourth-order valence-corrected chi connectivity index (χ4v) is 2.42. The lowest BCUT2D eigenvalue weighted by Crippen LogP contribution is -2.52. The van der Waals surface area contributed by atoms with E-state index in [1.165, 1.54) is 0 Å². The number of hydrogen-bond donors (Lipinski definition) is 2. The van der Waals surface area contributed by atoms with Gasteiger partial charge in [0.15, 0.2) is 0 Å². The molecule has 4 atom stereocenters. The summed E-state index contributed by atoms with van der Waals surface area (Å²) in [6.07, 6.45) is 2.91. The average molecular weight is 213 g/mol. The highest BCUT2D eigenvalue weighted by Gasteiger charge is 2.38. The SMILES string of the molecule is CC(NC1CCC1C(=O)O)C1CCOC1. The van der Waals surface area contributed by atoms with Crippen molar-refractivity contribution in [1.82, 2.24) is 5.32 Å². The number of carboxylic acid groups (broad SMARTS) is 1. The molecule has 15 heavy (non-hydrogen) atoms. The van der Waals surface area contributed by atoms with Crippen molar-refractivity contribution in [3.8, 4) is 0 Å². The highest BCUT2D eigenvalue weighted by Crippen LogP contribution is 2.29. The van der Waals surface area contributed by atoms with Crippen LogP contribution in [0.2, 0.25) is 0 Å². The molecule has 1 saturated heterocycles. The van der Waals surface area contributed by atoms with E-state index in [4.69, 9.17) is 9.84 Å². The summed E-state index contributed by atoms with van der Waals surface area (Å²) in [6.45, 7) is 3.80. The quantitative estimate of drug-likeness (QED) is 0.727. The molecule has 1 heterocycles. The molecule has 4 unspecified atom stereocenters. The van der Waals surface area contributed by atoms with Gasteiger partial charge in [-0.3, -0.25) is 4.79 Å². The number of carbonyl (C=O) groups is 1. The number of hydrogen-bond acceptors (Lipinski definition) is 3. The second-order valence-electron chi connectivity index (χ2n) is 4.71. The van der Waals surface area contributed by atoms with Gasteiger partial charge in [0.05, 0.1) is 12.5 Å². The van der Waals surface area contributed by atoms with Crippen molar-refractivity contribution < 1.29 is 14.6 Å². The fraction of sp³-hybridized carbons (Fsp3) is 0.909. The first-order chi connectivity index (χ1) is 7.18. The molecule has 1 saturated carbocycles. The predicted molar refractivity (Wildman–Crippen MR) is 55.7 cm³/mol. The fourth-order valence-electron chi connectivity index (χ4n) is 2.42. The van der Waals surface area contributed by atoms with Gasteiger partial charge in [-0.2, -0.15) is 0 Å². The maximum absolute atomic E-state index is 10.8. The summed E-state index contributed by atoms with van der Waals surface area (Å²) in [7, 11) is 0. The third-order valence-electron chi connectivity index (χ3n) is 3.74. The summed E-state index contributed by atoms with van der Waals surface area (Å²) >= 11 is 0. The van der Waals surface area contributed by atoms with Gasteiger partial charge in [0.25, 0.3) is 0 Å². The zero-order valence-electron chi connectivity index (χ0n) is 9.11. The predicted octanol–water partition coefficient (Wildman–Crippen LogP) is 0.864. The summed E-state index contributed by atoms with van der Waals surface area (Å²) in [5, 5.41) is 12.3. The van der Waals surface area contributed by atoms with Crippen LogP contribution in [0.25, 0.3) is 0 Å². The zero-order valence-corrected chi connectivity index (χ0v) is 9.11. The van der Waals surface area contributed by atoms with Gasteiger partial charge in [0, 0.05) is 18.7 Å². The van der Waals surface area contributed by atoms with Gasteiger partial charge >= 0.3 is 5.97 Å². The Labute approximate surface area is 90.0 Å². The van der Waals surface area contributed by atoms with E-state index < -0.39 is 5.97 Å². The van der Waals surface area contributed by atoms with E-state index in [9.17, 15) is 4.79 Å². The molecule has 0 aromatic carbocycles. The van der Waals surface area contributed by atoms with Crippen LogP contribution < -0.4 is 5.32 Å². The Hall–Kier alpha value is -0.610. The summed E-state index contributed by atoms with van der Waals surface area (Å²) in [5.41, 5.74) is 0. The monoisotopic (exact) mass is 213 g/mol. The van der Waals surface area contributed by atoms with Gasteiger partial charge in [0.1, 0.15) is 0 Å². The number of carboxylic acids is 1. The minimum atomic E-state index is -0.659. The molecule has 86 valence electrons. The molecule has 1 aliphatic carbocycles.